The molecule has 0 aromatic rings. The molecule has 4 heteroatoms. The Balaban J connectivity index is 2.26. The summed E-state index contributed by atoms with van der Waals surface area (Å²) in [7, 11) is 0. The van der Waals surface area contributed by atoms with Gasteiger partial charge in [-0.15, -0.1) is 0 Å². The van der Waals surface area contributed by atoms with Crippen LogP contribution in [0.1, 0.15) is 65.7 Å². The van der Waals surface area contributed by atoms with Crippen LogP contribution >= 0.6 is 0 Å². The fourth-order valence-electron chi connectivity index (χ4n) is 2.85. The van der Waals surface area contributed by atoms with Crippen LogP contribution < -0.4 is 10.6 Å². The van der Waals surface area contributed by atoms with Crippen molar-refractivity contribution in [3.8, 4) is 0 Å². The molecule has 1 aliphatic carbocycles. The van der Waals surface area contributed by atoms with E-state index in [0.29, 0.717) is 19.0 Å². The molecule has 3 N–H and O–H groups in total. The van der Waals surface area contributed by atoms with E-state index >= 15 is 0 Å². The van der Waals surface area contributed by atoms with E-state index in [1.54, 1.807) is 6.92 Å². The average Bonchev–Trinajstić information content (AvgIpc) is 2.53. The normalized spacial score (nSPS) is 19.6. The van der Waals surface area contributed by atoms with Gasteiger partial charge in [-0.2, -0.15) is 0 Å². The number of hydrogen-bond donors (Lipinski definition) is 3. The monoisotopic (exact) mass is 270 g/mol. The van der Waals surface area contributed by atoms with E-state index in [1.807, 2.05) is 0 Å². The van der Waals surface area contributed by atoms with E-state index in [2.05, 4.69) is 24.5 Å². The molecule has 0 aromatic carbocycles. The van der Waals surface area contributed by atoms with Gasteiger partial charge in [-0.25, -0.2) is 4.79 Å². The van der Waals surface area contributed by atoms with Gasteiger partial charge in [0.05, 0.1) is 6.10 Å². The molecule has 2 amide bonds. The summed E-state index contributed by atoms with van der Waals surface area (Å²) in [5, 5.41) is 15.4. The van der Waals surface area contributed by atoms with Gasteiger partial charge in [0.1, 0.15) is 0 Å². The van der Waals surface area contributed by atoms with E-state index in [1.165, 1.54) is 25.7 Å². The van der Waals surface area contributed by atoms with Gasteiger partial charge in [-0.1, -0.05) is 39.5 Å². The predicted molar refractivity (Wildman–Crippen MR) is 78.1 cm³/mol. The van der Waals surface area contributed by atoms with Crippen molar-refractivity contribution in [1.29, 1.82) is 0 Å². The fraction of sp³-hybridized carbons (Fsp3) is 0.933. The number of rotatable bonds is 5. The Morgan fingerprint density at radius 3 is 2.37 bits per heavy atom. The Labute approximate surface area is 117 Å². The standard InChI is InChI=1S/C15H30N2O2/c1-12(18)10-15(2,3)11-16-14(19)17-13-8-6-4-5-7-9-13/h12-13,18H,4-11H2,1-3H3,(H2,16,17,19). The number of carbonyl (C=O) groups is 1. The predicted octanol–water partition coefficient (Wildman–Crippen LogP) is 2.81. The minimum Gasteiger partial charge on any atom is -0.393 e. The minimum atomic E-state index is -0.332. The molecular weight excluding hydrogens is 240 g/mol. The van der Waals surface area contributed by atoms with Gasteiger partial charge in [-0.3, -0.25) is 0 Å². The molecule has 0 heterocycles. The van der Waals surface area contributed by atoms with Crippen molar-refractivity contribution < 1.29 is 9.90 Å². The van der Waals surface area contributed by atoms with Crippen molar-refractivity contribution in [3.05, 3.63) is 0 Å². The van der Waals surface area contributed by atoms with Crippen LogP contribution in [-0.4, -0.2) is 29.8 Å². The fourth-order valence-corrected chi connectivity index (χ4v) is 2.85. The zero-order valence-electron chi connectivity index (χ0n) is 12.7. The smallest absolute Gasteiger partial charge is 0.315 e. The maximum absolute atomic E-state index is 11.9. The van der Waals surface area contributed by atoms with Crippen LogP contribution in [-0.2, 0) is 0 Å². The van der Waals surface area contributed by atoms with Gasteiger partial charge in [0.15, 0.2) is 0 Å². The number of carbonyl (C=O) groups excluding carboxylic acids is 1. The molecule has 0 aromatic heterocycles. The Morgan fingerprint density at radius 2 is 1.84 bits per heavy atom. The molecule has 1 saturated carbocycles. The van der Waals surface area contributed by atoms with Crippen LogP contribution in [0, 0.1) is 5.41 Å². The second-order valence-corrected chi connectivity index (χ2v) is 6.73. The van der Waals surface area contributed by atoms with E-state index in [-0.39, 0.29) is 17.6 Å². The van der Waals surface area contributed by atoms with Crippen LogP contribution in [0.25, 0.3) is 0 Å². The van der Waals surface area contributed by atoms with Gasteiger partial charge < -0.3 is 15.7 Å². The third-order valence-corrected chi connectivity index (χ3v) is 3.77. The Hall–Kier alpha value is -0.770. The SMILES string of the molecule is CC(O)CC(C)(C)CNC(=O)NC1CCCCCC1. The highest BCUT2D eigenvalue weighted by Crippen LogP contribution is 2.21. The van der Waals surface area contributed by atoms with Crippen LogP contribution in [0.15, 0.2) is 0 Å². The number of amides is 2. The van der Waals surface area contributed by atoms with Crippen LogP contribution in [0.2, 0.25) is 0 Å². The molecule has 1 atom stereocenters. The summed E-state index contributed by atoms with van der Waals surface area (Å²) < 4.78 is 0. The molecule has 112 valence electrons. The maximum atomic E-state index is 11.9. The highest BCUT2D eigenvalue weighted by atomic mass is 16.3. The van der Waals surface area contributed by atoms with E-state index in [0.717, 1.165) is 12.8 Å². The summed E-state index contributed by atoms with van der Waals surface area (Å²) in [6.07, 6.45) is 7.59. The van der Waals surface area contributed by atoms with E-state index in [9.17, 15) is 9.90 Å². The zero-order chi connectivity index (χ0) is 14.3. The molecule has 0 spiro atoms. The van der Waals surface area contributed by atoms with Crippen molar-refractivity contribution >= 4 is 6.03 Å². The lowest BCUT2D eigenvalue weighted by molar-refractivity contribution is 0.128. The Bertz CT molecular complexity index is 269. The number of nitrogens with one attached hydrogen (secondary N) is 2. The van der Waals surface area contributed by atoms with Crippen LogP contribution in [0.4, 0.5) is 4.79 Å². The van der Waals surface area contributed by atoms with Gasteiger partial charge >= 0.3 is 6.03 Å². The van der Waals surface area contributed by atoms with Crippen molar-refractivity contribution in [2.24, 2.45) is 5.41 Å². The van der Waals surface area contributed by atoms with E-state index in [4.69, 9.17) is 0 Å². The lowest BCUT2D eigenvalue weighted by Gasteiger charge is -2.27. The summed E-state index contributed by atoms with van der Waals surface area (Å²) in [5.74, 6) is 0. The zero-order valence-corrected chi connectivity index (χ0v) is 12.7. The maximum Gasteiger partial charge on any atom is 0.315 e. The molecule has 1 unspecified atom stereocenters. The van der Waals surface area contributed by atoms with Crippen molar-refractivity contribution in [2.45, 2.75) is 77.9 Å². The molecule has 0 aliphatic heterocycles. The third-order valence-electron chi connectivity index (χ3n) is 3.77. The summed E-state index contributed by atoms with van der Waals surface area (Å²) >= 11 is 0. The molecule has 1 rings (SSSR count). The van der Waals surface area contributed by atoms with Gasteiger partial charge in [0.2, 0.25) is 0 Å². The Kier molecular flexibility index (Phi) is 6.63. The number of hydrogen-bond acceptors (Lipinski definition) is 2. The lowest BCUT2D eigenvalue weighted by atomic mass is 9.87. The summed E-state index contributed by atoms with van der Waals surface area (Å²) in [6.45, 7) is 6.50. The minimum absolute atomic E-state index is 0.0643. The molecule has 1 aliphatic rings. The van der Waals surface area contributed by atoms with Crippen molar-refractivity contribution in [2.75, 3.05) is 6.54 Å². The number of aliphatic hydroxyl groups is 1. The molecular formula is C15H30N2O2. The summed E-state index contributed by atoms with van der Waals surface area (Å²) in [5.41, 5.74) is -0.0744. The topological polar surface area (TPSA) is 61.4 Å². The third kappa shape index (κ3) is 7.41. The Morgan fingerprint density at radius 1 is 1.26 bits per heavy atom. The second-order valence-electron chi connectivity index (χ2n) is 6.73. The van der Waals surface area contributed by atoms with E-state index < -0.39 is 0 Å². The molecule has 0 saturated heterocycles. The second kappa shape index (κ2) is 7.73. The molecule has 0 radical (unpaired) electrons. The first-order valence-corrected chi connectivity index (χ1v) is 7.61. The van der Waals surface area contributed by atoms with Crippen molar-refractivity contribution in [3.63, 3.8) is 0 Å². The van der Waals surface area contributed by atoms with Gasteiger partial charge in [0.25, 0.3) is 0 Å². The number of urea groups is 1. The first-order chi connectivity index (χ1) is 8.89. The largest absolute Gasteiger partial charge is 0.393 e. The quantitative estimate of drug-likeness (QED) is 0.673. The summed E-state index contributed by atoms with van der Waals surface area (Å²) in [6, 6.07) is 0.271. The van der Waals surface area contributed by atoms with Crippen LogP contribution in [0.5, 0.6) is 0 Å². The summed E-state index contributed by atoms with van der Waals surface area (Å²) in [4.78, 5) is 11.9. The molecule has 4 nitrogen and oxygen atoms in total. The molecule has 0 bridgehead atoms. The first kappa shape index (κ1) is 16.3. The highest BCUT2D eigenvalue weighted by Gasteiger charge is 2.22. The van der Waals surface area contributed by atoms with Gasteiger partial charge in [0, 0.05) is 12.6 Å². The number of aliphatic hydroxyl groups excluding tert-OH is 1. The molecule has 19 heavy (non-hydrogen) atoms. The van der Waals surface area contributed by atoms with Crippen LogP contribution in [0.3, 0.4) is 0 Å². The lowest BCUT2D eigenvalue weighted by Crippen LogP contribution is -2.45. The molecule has 1 fully saturated rings. The average molecular weight is 270 g/mol. The first-order valence-electron chi connectivity index (χ1n) is 7.61. The highest BCUT2D eigenvalue weighted by molar-refractivity contribution is 5.74. The van der Waals surface area contributed by atoms with Crippen molar-refractivity contribution in [1.82, 2.24) is 10.6 Å². The van der Waals surface area contributed by atoms with Gasteiger partial charge in [-0.05, 0) is 31.6 Å².